The minimum Gasteiger partial charge on any atom is -0.325 e. The number of hydrogen-bond acceptors (Lipinski definition) is 4. The molecule has 0 aliphatic carbocycles. The summed E-state index contributed by atoms with van der Waals surface area (Å²) in [4.78, 5) is 30.2. The van der Waals surface area contributed by atoms with Gasteiger partial charge in [0.1, 0.15) is 6.54 Å². The first-order valence-corrected chi connectivity index (χ1v) is 9.44. The van der Waals surface area contributed by atoms with Gasteiger partial charge < -0.3 is 5.32 Å². The summed E-state index contributed by atoms with van der Waals surface area (Å²) in [6.07, 6.45) is 0. The standard InChI is InChI=1S/C19H18ClN3O2S/c1-12-7-8-13(2)15(9-12)22-17(24)11-26-19-21-10-18(25)23(19)16-6-4-3-5-14(16)20/h3-9H,10-11H2,1-2H3,(H,22,24). The van der Waals surface area contributed by atoms with E-state index in [4.69, 9.17) is 11.6 Å². The van der Waals surface area contributed by atoms with Crippen LogP contribution in [0.4, 0.5) is 11.4 Å². The first-order valence-electron chi connectivity index (χ1n) is 8.07. The van der Waals surface area contributed by atoms with Gasteiger partial charge in [-0.25, -0.2) is 0 Å². The van der Waals surface area contributed by atoms with E-state index in [2.05, 4.69) is 10.3 Å². The second-order valence-corrected chi connectivity index (χ2v) is 7.28. The van der Waals surface area contributed by atoms with E-state index in [1.165, 1.54) is 16.7 Å². The Labute approximate surface area is 161 Å². The highest BCUT2D eigenvalue weighted by atomic mass is 35.5. The van der Waals surface area contributed by atoms with Gasteiger partial charge in [-0.15, -0.1) is 0 Å². The van der Waals surface area contributed by atoms with Gasteiger partial charge in [0, 0.05) is 5.69 Å². The van der Waals surface area contributed by atoms with Crippen molar-refractivity contribution in [2.45, 2.75) is 13.8 Å². The second kappa shape index (κ2) is 7.93. The molecule has 26 heavy (non-hydrogen) atoms. The molecule has 2 aromatic rings. The van der Waals surface area contributed by atoms with Crippen LogP contribution >= 0.6 is 23.4 Å². The Morgan fingerprint density at radius 1 is 1.27 bits per heavy atom. The molecule has 3 rings (SSSR count). The Morgan fingerprint density at radius 2 is 2.04 bits per heavy atom. The van der Waals surface area contributed by atoms with E-state index in [1.54, 1.807) is 18.2 Å². The number of rotatable bonds is 4. The Bertz CT molecular complexity index is 898. The molecule has 0 spiro atoms. The largest absolute Gasteiger partial charge is 0.325 e. The maximum Gasteiger partial charge on any atom is 0.254 e. The number of carbonyl (C=O) groups is 2. The average molecular weight is 388 g/mol. The first kappa shape index (κ1) is 18.5. The fraction of sp³-hybridized carbons (Fsp3) is 0.211. The van der Waals surface area contributed by atoms with Gasteiger partial charge in [-0.05, 0) is 43.2 Å². The number of aliphatic imine (C=N–C) groups is 1. The van der Waals surface area contributed by atoms with Crippen LogP contribution in [0, 0.1) is 13.8 Å². The van der Waals surface area contributed by atoms with Crippen molar-refractivity contribution in [1.82, 2.24) is 0 Å². The number of nitrogens with one attached hydrogen (secondary N) is 1. The molecule has 0 bridgehead atoms. The molecule has 2 amide bonds. The van der Waals surface area contributed by atoms with E-state index in [-0.39, 0.29) is 24.1 Å². The van der Waals surface area contributed by atoms with E-state index in [9.17, 15) is 9.59 Å². The third-order valence-electron chi connectivity index (χ3n) is 3.88. The smallest absolute Gasteiger partial charge is 0.254 e. The third kappa shape index (κ3) is 4.08. The average Bonchev–Trinajstić information content (AvgIpc) is 2.97. The van der Waals surface area contributed by atoms with Crippen LogP contribution < -0.4 is 10.2 Å². The molecule has 0 aromatic heterocycles. The fourth-order valence-electron chi connectivity index (χ4n) is 2.55. The number of carbonyl (C=O) groups excluding carboxylic acids is 2. The molecule has 1 heterocycles. The molecule has 1 aliphatic rings. The number of amides is 2. The highest BCUT2D eigenvalue weighted by molar-refractivity contribution is 8.14. The molecule has 7 heteroatoms. The molecule has 2 aromatic carbocycles. The van der Waals surface area contributed by atoms with Gasteiger partial charge in [0.05, 0.1) is 16.5 Å². The zero-order valence-electron chi connectivity index (χ0n) is 14.5. The summed E-state index contributed by atoms with van der Waals surface area (Å²) in [7, 11) is 0. The predicted octanol–water partition coefficient (Wildman–Crippen LogP) is 4.03. The number of anilines is 2. The molecule has 1 aliphatic heterocycles. The third-order valence-corrected chi connectivity index (χ3v) is 5.18. The van der Waals surface area contributed by atoms with Gasteiger partial charge in [0.25, 0.3) is 5.91 Å². The molecule has 134 valence electrons. The molecule has 5 nitrogen and oxygen atoms in total. The summed E-state index contributed by atoms with van der Waals surface area (Å²) >= 11 is 7.42. The number of aryl methyl sites for hydroxylation is 2. The van der Waals surface area contributed by atoms with Crippen LogP contribution in [0.1, 0.15) is 11.1 Å². The number of halogens is 1. The second-order valence-electron chi connectivity index (χ2n) is 5.93. The Kier molecular flexibility index (Phi) is 5.64. The summed E-state index contributed by atoms with van der Waals surface area (Å²) in [5.41, 5.74) is 3.45. The minimum absolute atomic E-state index is 0.0617. The van der Waals surface area contributed by atoms with Crippen molar-refractivity contribution in [1.29, 1.82) is 0 Å². The maximum atomic E-state index is 12.3. The normalized spacial score (nSPS) is 13.7. The van der Waals surface area contributed by atoms with E-state index in [0.29, 0.717) is 15.9 Å². The van der Waals surface area contributed by atoms with Crippen LogP contribution in [0.3, 0.4) is 0 Å². The highest BCUT2D eigenvalue weighted by Gasteiger charge is 2.29. The summed E-state index contributed by atoms with van der Waals surface area (Å²) in [5, 5.41) is 3.86. The molecular formula is C19H18ClN3O2S. The van der Waals surface area contributed by atoms with Gasteiger partial charge in [-0.3, -0.25) is 19.5 Å². The van der Waals surface area contributed by atoms with Crippen LogP contribution in [0.15, 0.2) is 47.5 Å². The van der Waals surface area contributed by atoms with Crippen LogP contribution in [-0.2, 0) is 9.59 Å². The van der Waals surface area contributed by atoms with E-state index in [0.717, 1.165) is 16.8 Å². The van der Waals surface area contributed by atoms with Gasteiger partial charge in [-0.1, -0.05) is 47.6 Å². The molecule has 0 atom stereocenters. The SMILES string of the molecule is Cc1ccc(C)c(NC(=O)CSC2=NCC(=O)N2c2ccccc2Cl)c1. The van der Waals surface area contributed by atoms with E-state index in [1.807, 2.05) is 38.1 Å². The zero-order valence-corrected chi connectivity index (χ0v) is 16.0. The van der Waals surface area contributed by atoms with E-state index >= 15 is 0 Å². The Morgan fingerprint density at radius 3 is 2.81 bits per heavy atom. The van der Waals surface area contributed by atoms with Crippen LogP contribution in [0.25, 0.3) is 0 Å². The van der Waals surface area contributed by atoms with Crippen LogP contribution in [0.5, 0.6) is 0 Å². The molecule has 0 unspecified atom stereocenters. The van der Waals surface area contributed by atoms with Crippen molar-refractivity contribution in [3.8, 4) is 0 Å². The fourth-order valence-corrected chi connectivity index (χ4v) is 3.59. The lowest BCUT2D eigenvalue weighted by atomic mass is 10.1. The highest BCUT2D eigenvalue weighted by Crippen LogP contribution is 2.30. The number of para-hydroxylation sites is 1. The zero-order chi connectivity index (χ0) is 18.7. The molecule has 0 fully saturated rings. The number of amidine groups is 1. The molecule has 0 saturated heterocycles. The Balaban J connectivity index is 1.67. The van der Waals surface area contributed by atoms with Crippen molar-refractivity contribution >= 4 is 51.7 Å². The Hall–Kier alpha value is -2.31. The molecule has 1 N–H and O–H groups in total. The summed E-state index contributed by atoms with van der Waals surface area (Å²) in [5.74, 6) is -0.152. The van der Waals surface area contributed by atoms with Gasteiger partial charge >= 0.3 is 0 Å². The first-order chi connectivity index (χ1) is 12.5. The number of benzene rings is 2. The van der Waals surface area contributed by atoms with Crippen molar-refractivity contribution in [3.05, 3.63) is 58.6 Å². The lowest BCUT2D eigenvalue weighted by Gasteiger charge is -2.19. The van der Waals surface area contributed by atoms with Gasteiger partial charge in [-0.2, -0.15) is 0 Å². The molecule has 0 saturated carbocycles. The molecule has 0 radical (unpaired) electrons. The van der Waals surface area contributed by atoms with Crippen molar-refractivity contribution < 1.29 is 9.59 Å². The van der Waals surface area contributed by atoms with Crippen molar-refractivity contribution in [3.63, 3.8) is 0 Å². The van der Waals surface area contributed by atoms with E-state index < -0.39 is 0 Å². The number of hydrogen-bond donors (Lipinski definition) is 1. The predicted molar refractivity (Wildman–Crippen MR) is 108 cm³/mol. The van der Waals surface area contributed by atoms with Crippen LogP contribution in [0.2, 0.25) is 5.02 Å². The van der Waals surface area contributed by atoms with Gasteiger partial charge in [0.15, 0.2) is 5.17 Å². The summed E-state index contributed by atoms with van der Waals surface area (Å²) in [6.45, 7) is 3.98. The quantitative estimate of drug-likeness (QED) is 0.861. The van der Waals surface area contributed by atoms with Crippen molar-refractivity contribution in [2.24, 2.45) is 4.99 Å². The van der Waals surface area contributed by atoms with Gasteiger partial charge in [0.2, 0.25) is 5.91 Å². The summed E-state index contributed by atoms with van der Waals surface area (Å²) < 4.78 is 0. The number of thioether (sulfide) groups is 1. The number of nitrogens with zero attached hydrogens (tertiary/aromatic N) is 2. The minimum atomic E-state index is -0.157. The topological polar surface area (TPSA) is 61.8 Å². The summed E-state index contributed by atoms with van der Waals surface area (Å²) in [6, 6.07) is 13.0. The monoisotopic (exact) mass is 387 g/mol. The molecular weight excluding hydrogens is 370 g/mol. The van der Waals surface area contributed by atoms with Crippen LogP contribution in [-0.4, -0.2) is 29.3 Å². The lowest BCUT2D eigenvalue weighted by molar-refractivity contribution is -0.116. The van der Waals surface area contributed by atoms with Crippen molar-refractivity contribution in [2.75, 3.05) is 22.5 Å². The maximum absolute atomic E-state index is 12.3. The lowest BCUT2D eigenvalue weighted by Crippen LogP contribution is -2.31.